The molecule has 8 nitrogen and oxygen atoms in total. The maximum atomic E-state index is 13.0. The maximum absolute atomic E-state index is 13.0. The van der Waals surface area contributed by atoms with Gasteiger partial charge in [0.05, 0.1) is 25.0 Å². The van der Waals surface area contributed by atoms with Crippen molar-refractivity contribution in [3.05, 3.63) is 12.4 Å². The minimum Gasteiger partial charge on any atom is -0.444 e. The molecular formula is C20H34N4O4. The molecule has 0 radical (unpaired) electrons. The highest BCUT2D eigenvalue weighted by molar-refractivity contribution is 5.94. The van der Waals surface area contributed by atoms with E-state index in [1.54, 1.807) is 29.1 Å². The van der Waals surface area contributed by atoms with Gasteiger partial charge in [0, 0.05) is 31.8 Å². The Kier molecular flexibility index (Phi) is 7.09. The Morgan fingerprint density at radius 3 is 2.64 bits per heavy atom. The van der Waals surface area contributed by atoms with E-state index in [2.05, 4.69) is 10.4 Å². The molecular weight excluding hydrogens is 360 g/mol. The van der Waals surface area contributed by atoms with Crippen LogP contribution in [0.1, 0.15) is 47.5 Å². The van der Waals surface area contributed by atoms with E-state index < -0.39 is 11.0 Å². The van der Waals surface area contributed by atoms with Crippen molar-refractivity contribution in [3.63, 3.8) is 0 Å². The van der Waals surface area contributed by atoms with Crippen LogP contribution in [0.5, 0.6) is 0 Å². The number of piperidine rings is 1. The summed E-state index contributed by atoms with van der Waals surface area (Å²) >= 11 is 0. The van der Waals surface area contributed by atoms with Crippen LogP contribution in [0.2, 0.25) is 0 Å². The summed E-state index contributed by atoms with van der Waals surface area (Å²) in [6, 6.07) is 0. The van der Waals surface area contributed by atoms with Crippen LogP contribution in [0.15, 0.2) is 12.4 Å². The minimum atomic E-state index is -0.630. The first-order valence-corrected chi connectivity index (χ1v) is 9.83. The minimum absolute atomic E-state index is 0.0531. The smallest absolute Gasteiger partial charge is 0.410 e. The van der Waals surface area contributed by atoms with Crippen LogP contribution in [0.3, 0.4) is 0 Å². The quantitative estimate of drug-likeness (QED) is 0.801. The van der Waals surface area contributed by atoms with E-state index in [0.717, 1.165) is 12.8 Å². The molecule has 1 aromatic heterocycles. The fourth-order valence-corrected chi connectivity index (χ4v) is 3.27. The molecule has 1 aliphatic rings. The maximum Gasteiger partial charge on any atom is 0.410 e. The monoisotopic (exact) mass is 394 g/mol. The number of nitrogens with zero attached hydrogens (tertiary/aromatic N) is 3. The summed E-state index contributed by atoms with van der Waals surface area (Å²) in [5.74, 6) is -0.0212. The lowest BCUT2D eigenvalue weighted by Gasteiger charge is -2.40. The van der Waals surface area contributed by atoms with Gasteiger partial charge in [-0.2, -0.15) is 5.10 Å². The molecule has 28 heavy (non-hydrogen) atoms. The lowest BCUT2D eigenvalue weighted by atomic mass is 9.74. The Morgan fingerprint density at radius 2 is 2.00 bits per heavy atom. The average Bonchev–Trinajstić information content (AvgIpc) is 3.06. The number of likely N-dealkylation sites (tertiary alicyclic amines) is 1. The Balaban J connectivity index is 1.98. The van der Waals surface area contributed by atoms with E-state index in [9.17, 15) is 9.59 Å². The Morgan fingerprint density at radius 1 is 1.29 bits per heavy atom. The van der Waals surface area contributed by atoms with Crippen molar-refractivity contribution in [2.45, 2.75) is 59.6 Å². The summed E-state index contributed by atoms with van der Waals surface area (Å²) in [6.07, 6.45) is 4.87. The zero-order valence-corrected chi connectivity index (χ0v) is 17.9. The zero-order valence-electron chi connectivity index (χ0n) is 17.9. The molecule has 0 bridgehead atoms. The van der Waals surface area contributed by atoms with E-state index in [1.807, 2.05) is 34.6 Å². The van der Waals surface area contributed by atoms with Gasteiger partial charge in [0.15, 0.2) is 0 Å². The summed E-state index contributed by atoms with van der Waals surface area (Å²) in [7, 11) is 1.64. The SMILES string of the molecule is COCCn1cc(NC(=O)C(C)(C)C2CCCN(C(=O)OC(C)(C)C)C2)cn1. The molecule has 0 aromatic carbocycles. The van der Waals surface area contributed by atoms with Crippen LogP contribution < -0.4 is 5.32 Å². The van der Waals surface area contributed by atoms with E-state index in [4.69, 9.17) is 9.47 Å². The Hall–Kier alpha value is -2.09. The predicted octanol–water partition coefficient (Wildman–Crippen LogP) is 3.14. The third-order valence-corrected chi connectivity index (χ3v) is 5.09. The number of nitrogens with one attached hydrogen (secondary N) is 1. The van der Waals surface area contributed by atoms with Gasteiger partial charge in [0.25, 0.3) is 0 Å². The third kappa shape index (κ3) is 5.95. The van der Waals surface area contributed by atoms with Gasteiger partial charge in [-0.3, -0.25) is 9.48 Å². The van der Waals surface area contributed by atoms with Crippen LogP contribution in [-0.4, -0.2) is 59.1 Å². The molecule has 0 spiro atoms. The van der Waals surface area contributed by atoms with Gasteiger partial charge in [-0.05, 0) is 39.5 Å². The van der Waals surface area contributed by atoms with Gasteiger partial charge >= 0.3 is 6.09 Å². The molecule has 2 rings (SSSR count). The Labute approximate surface area is 167 Å². The van der Waals surface area contributed by atoms with Gasteiger partial charge in [0.1, 0.15) is 5.60 Å². The van der Waals surface area contributed by atoms with Crippen LogP contribution >= 0.6 is 0 Å². The number of aromatic nitrogens is 2. The molecule has 0 aliphatic carbocycles. The van der Waals surface area contributed by atoms with Crippen LogP contribution in [0, 0.1) is 11.3 Å². The second-order valence-electron chi connectivity index (χ2n) is 8.93. The number of amides is 2. The fourth-order valence-electron chi connectivity index (χ4n) is 3.27. The first-order chi connectivity index (χ1) is 13.0. The van der Waals surface area contributed by atoms with Crippen molar-refractivity contribution in [2.24, 2.45) is 11.3 Å². The standard InChI is InChI=1S/C20H34N4O4/c1-19(2,3)28-18(26)23-9-7-8-15(13-23)20(4,5)17(25)22-16-12-21-24(14-16)10-11-27-6/h12,14-15H,7-11,13H2,1-6H3,(H,22,25). The highest BCUT2D eigenvalue weighted by atomic mass is 16.6. The third-order valence-electron chi connectivity index (χ3n) is 5.09. The number of rotatable bonds is 6. The van der Waals surface area contributed by atoms with E-state index in [1.165, 1.54) is 0 Å². The number of carbonyl (C=O) groups is 2. The number of carbonyl (C=O) groups excluding carboxylic acids is 2. The van der Waals surface area contributed by atoms with E-state index in [-0.39, 0.29) is 17.9 Å². The van der Waals surface area contributed by atoms with Gasteiger partial charge in [0.2, 0.25) is 5.91 Å². The van der Waals surface area contributed by atoms with Crippen LogP contribution in [0.25, 0.3) is 0 Å². The molecule has 158 valence electrons. The van der Waals surface area contributed by atoms with Crippen molar-refractivity contribution in [3.8, 4) is 0 Å². The second kappa shape index (κ2) is 8.94. The lowest BCUT2D eigenvalue weighted by Crippen LogP contribution is -2.49. The zero-order chi connectivity index (χ0) is 20.9. The molecule has 2 heterocycles. The number of anilines is 1. The highest BCUT2D eigenvalue weighted by Crippen LogP contribution is 2.35. The topological polar surface area (TPSA) is 85.7 Å². The summed E-state index contributed by atoms with van der Waals surface area (Å²) in [5.41, 5.74) is -0.496. The van der Waals surface area contributed by atoms with E-state index in [0.29, 0.717) is 31.9 Å². The van der Waals surface area contributed by atoms with Gasteiger partial charge in [-0.25, -0.2) is 4.79 Å². The largest absolute Gasteiger partial charge is 0.444 e. The van der Waals surface area contributed by atoms with Gasteiger partial charge < -0.3 is 19.7 Å². The second-order valence-corrected chi connectivity index (χ2v) is 8.93. The van der Waals surface area contributed by atoms with Crippen molar-refractivity contribution in [1.29, 1.82) is 0 Å². The lowest BCUT2D eigenvalue weighted by molar-refractivity contribution is -0.127. The van der Waals surface area contributed by atoms with Crippen molar-refractivity contribution >= 4 is 17.7 Å². The number of ether oxygens (including phenoxy) is 2. The summed E-state index contributed by atoms with van der Waals surface area (Å²) < 4.78 is 12.3. The molecule has 1 aliphatic heterocycles. The predicted molar refractivity (Wildman–Crippen MR) is 107 cm³/mol. The number of methoxy groups -OCH3 is 1. The van der Waals surface area contributed by atoms with Gasteiger partial charge in [-0.1, -0.05) is 13.8 Å². The summed E-state index contributed by atoms with van der Waals surface area (Å²) in [4.78, 5) is 27.1. The fraction of sp³-hybridized carbons (Fsp3) is 0.750. The summed E-state index contributed by atoms with van der Waals surface area (Å²) in [6.45, 7) is 11.8. The normalized spacial score (nSPS) is 18.1. The van der Waals surface area contributed by atoms with Crippen LogP contribution in [-0.2, 0) is 20.8 Å². The molecule has 1 N–H and O–H groups in total. The molecule has 1 fully saturated rings. The van der Waals surface area contributed by atoms with Crippen molar-refractivity contribution < 1.29 is 19.1 Å². The number of hydrogen-bond donors (Lipinski definition) is 1. The summed E-state index contributed by atoms with van der Waals surface area (Å²) in [5, 5.41) is 7.18. The number of hydrogen-bond acceptors (Lipinski definition) is 5. The Bertz CT molecular complexity index is 678. The first kappa shape index (κ1) is 22.2. The molecule has 1 aromatic rings. The highest BCUT2D eigenvalue weighted by Gasteiger charge is 2.40. The van der Waals surface area contributed by atoms with Crippen molar-refractivity contribution in [2.75, 3.05) is 32.1 Å². The van der Waals surface area contributed by atoms with E-state index >= 15 is 0 Å². The average molecular weight is 395 g/mol. The van der Waals surface area contributed by atoms with Gasteiger partial charge in [-0.15, -0.1) is 0 Å². The molecule has 1 atom stereocenters. The molecule has 8 heteroatoms. The van der Waals surface area contributed by atoms with Crippen molar-refractivity contribution in [1.82, 2.24) is 14.7 Å². The molecule has 1 unspecified atom stereocenters. The first-order valence-electron chi connectivity index (χ1n) is 9.83. The molecule has 1 saturated heterocycles. The molecule has 2 amide bonds. The van der Waals surface area contributed by atoms with Crippen LogP contribution in [0.4, 0.5) is 10.5 Å². The molecule has 0 saturated carbocycles.